The lowest BCUT2D eigenvalue weighted by atomic mass is 10.2. The van der Waals surface area contributed by atoms with Crippen molar-refractivity contribution >= 4 is 11.8 Å². The Kier molecular flexibility index (Phi) is 7.60. The third kappa shape index (κ3) is 5.99. The normalized spacial score (nSPS) is 22.8. The SMILES string of the molecule is CN=C(NCc1ccc(N2CC(C)OC(C)C2)nc1)N1CCN(Cc2ccccc2)CC1. The number of benzene rings is 1. The highest BCUT2D eigenvalue weighted by Crippen LogP contribution is 2.18. The molecule has 7 heteroatoms. The number of morpholine rings is 1. The number of piperazine rings is 1. The molecule has 1 N–H and O–H groups in total. The van der Waals surface area contributed by atoms with Gasteiger partial charge in [0.05, 0.1) is 12.2 Å². The lowest BCUT2D eigenvalue weighted by Gasteiger charge is -2.36. The van der Waals surface area contributed by atoms with Gasteiger partial charge in [-0.25, -0.2) is 4.98 Å². The second kappa shape index (κ2) is 10.8. The number of hydrogen-bond acceptors (Lipinski definition) is 5. The van der Waals surface area contributed by atoms with Crippen LogP contribution in [0.1, 0.15) is 25.0 Å². The molecule has 172 valence electrons. The molecule has 2 fully saturated rings. The van der Waals surface area contributed by atoms with Crippen molar-refractivity contribution < 1.29 is 4.74 Å². The summed E-state index contributed by atoms with van der Waals surface area (Å²) in [4.78, 5) is 16.4. The van der Waals surface area contributed by atoms with Gasteiger partial charge in [-0.2, -0.15) is 0 Å². The average molecular weight is 437 g/mol. The minimum Gasteiger partial charge on any atom is -0.372 e. The molecule has 7 nitrogen and oxygen atoms in total. The van der Waals surface area contributed by atoms with Gasteiger partial charge in [0, 0.05) is 65.6 Å². The van der Waals surface area contributed by atoms with E-state index in [2.05, 4.69) is 81.3 Å². The second-order valence-electron chi connectivity index (χ2n) is 8.84. The summed E-state index contributed by atoms with van der Waals surface area (Å²) in [6.07, 6.45) is 2.44. The maximum Gasteiger partial charge on any atom is 0.194 e. The quantitative estimate of drug-likeness (QED) is 0.574. The van der Waals surface area contributed by atoms with E-state index in [9.17, 15) is 0 Å². The summed E-state index contributed by atoms with van der Waals surface area (Å²) in [5, 5.41) is 3.52. The van der Waals surface area contributed by atoms with E-state index in [0.717, 1.165) is 69.7 Å². The van der Waals surface area contributed by atoms with Gasteiger partial charge >= 0.3 is 0 Å². The van der Waals surface area contributed by atoms with Gasteiger partial charge in [-0.05, 0) is 31.0 Å². The number of aromatic nitrogens is 1. The van der Waals surface area contributed by atoms with Crippen molar-refractivity contribution in [3.05, 3.63) is 59.8 Å². The maximum absolute atomic E-state index is 5.83. The number of ether oxygens (including phenoxy) is 1. The Morgan fingerprint density at radius 1 is 1.00 bits per heavy atom. The number of anilines is 1. The third-order valence-corrected chi connectivity index (χ3v) is 6.14. The van der Waals surface area contributed by atoms with Gasteiger partial charge in [-0.1, -0.05) is 36.4 Å². The summed E-state index contributed by atoms with van der Waals surface area (Å²) in [6.45, 7) is 11.8. The predicted molar refractivity (Wildman–Crippen MR) is 130 cm³/mol. The van der Waals surface area contributed by atoms with Crippen LogP contribution in [0.3, 0.4) is 0 Å². The molecule has 0 aliphatic carbocycles. The third-order valence-electron chi connectivity index (χ3n) is 6.14. The van der Waals surface area contributed by atoms with Crippen LogP contribution in [-0.4, -0.2) is 79.3 Å². The van der Waals surface area contributed by atoms with Crippen molar-refractivity contribution in [2.45, 2.75) is 39.1 Å². The van der Waals surface area contributed by atoms with Crippen molar-refractivity contribution in [1.82, 2.24) is 20.1 Å². The fourth-order valence-electron chi connectivity index (χ4n) is 4.55. The molecule has 0 spiro atoms. The van der Waals surface area contributed by atoms with E-state index in [1.807, 2.05) is 13.2 Å². The zero-order chi connectivity index (χ0) is 22.3. The standard InChI is InChI=1S/C25H36N6O/c1-20-17-31(18-21(2)32-20)24-10-9-23(15-27-24)16-28-25(26-3)30-13-11-29(12-14-30)19-22-7-5-4-6-8-22/h4-10,15,20-21H,11-14,16-19H2,1-3H3,(H,26,28). The maximum atomic E-state index is 5.83. The van der Waals surface area contributed by atoms with Crippen LogP contribution in [0.5, 0.6) is 0 Å². The molecule has 0 saturated carbocycles. The van der Waals surface area contributed by atoms with Crippen molar-refractivity contribution in [1.29, 1.82) is 0 Å². The first-order chi connectivity index (χ1) is 15.6. The smallest absolute Gasteiger partial charge is 0.194 e. The Hall–Kier alpha value is -2.64. The van der Waals surface area contributed by atoms with Crippen molar-refractivity contribution in [3.63, 3.8) is 0 Å². The average Bonchev–Trinajstić information content (AvgIpc) is 2.81. The Morgan fingerprint density at radius 3 is 2.34 bits per heavy atom. The monoisotopic (exact) mass is 436 g/mol. The van der Waals surface area contributed by atoms with Gasteiger partial charge in [-0.3, -0.25) is 9.89 Å². The molecule has 2 saturated heterocycles. The molecule has 0 amide bonds. The second-order valence-corrected chi connectivity index (χ2v) is 8.84. The molecule has 2 unspecified atom stereocenters. The first-order valence-electron chi connectivity index (χ1n) is 11.7. The van der Waals surface area contributed by atoms with E-state index in [-0.39, 0.29) is 12.2 Å². The molecule has 0 bridgehead atoms. The molecule has 1 aromatic heterocycles. The molecular formula is C25H36N6O. The van der Waals surface area contributed by atoms with E-state index in [1.165, 1.54) is 5.56 Å². The van der Waals surface area contributed by atoms with Crippen LogP contribution in [0.25, 0.3) is 0 Å². The van der Waals surface area contributed by atoms with Crippen LogP contribution in [0, 0.1) is 0 Å². The molecule has 1 aromatic carbocycles. The van der Waals surface area contributed by atoms with Crippen molar-refractivity contribution in [3.8, 4) is 0 Å². The van der Waals surface area contributed by atoms with Gasteiger partial charge in [-0.15, -0.1) is 0 Å². The Balaban J connectivity index is 1.25. The fourth-order valence-corrected chi connectivity index (χ4v) is 4.55. The van der Waals surface area contributed by atoms with Crippen LogP contribution >= 0.6 is 0 Å². The number of guanidine groups is 1. The molecule has 2 atom stereocenters. The number of hydrogen-bond donors (Lipinski definition) is 1. The number of pyridine rings is 1. The highest BCUT2D eigenvalue weighted by molar-refractivity contribution is 5.80. The summed E-state index contributed by atoms with van der Waals surface area (Å²) >= 11 is 0. The van der Waals surface area contributed by atoms with Gasteiger partial charge in [0.25, 0.3) is 0 Å². The molecule has 2 aliphatic heterocycles. The Labute approximate surface area is 192 Å². The molecule has 4 rings (SSSR count). The molecular weight excluding hydrogens is 400 g/mol. The van der Waals surface area contributed by atoms with Crippen LogP contribution in [0.15, 0.2) is 53.7 Å². The topological polar surface area (TPSA) is 56.2 Å². The predicted octanol–water partition coefficient (Wildman–Crippen LogP) is 2.59. The highest BCUT2D eigenvalue weighted by atomic mass is 16.5. The minimum atomic E-state index is 0.235. The van der Waals surface area contributed by atoms with Crippen molar-refractivity contribution in [2.24, 2.45) is 4.99 Å². The summed E-state index contributed by atoms with van der Waals surface area (Å²) in [5.41, 5.74) is 2.53. The van der Waals surface area contributed by atoms with Crippen LogP contribution in [-0.2, 0) is 17.8 Å². The lowest BCUT2D eigenvalue weighted by molar-refractivity contribution is -0.00545. The lowest BCUT2D eigenvalue weighted by Crippen LogP contribution is -2.52. The summed E-state index contributed by atoms with van der Waals surface area (Å²) in [5.74, 6) is 1.99. The van der Waals surface area contributed by atoms with Gasteiger partial charge < -0.3 is 19.9 Å². The molecule has 2 aliphatic rings. The molecule has 32 heavy (non-hydrogen) atoms. The first kappa shape index (κ1) is 22.6. The van der Waals surface area contributed by atoms with Gasteiger partial charge in [0.1, 0.15) is 5.82 Å². The molecule has 0 radical (unpaired) electrons. The van der Waals surface area contributed by atoms with E-state index in [4.69, 9.17) is 9.72 Å². The fraction of sp³-hybridized carbons (Fsp3) is 0.520. The molecule has 2 aromatic rings. The van der Waals surface area contributed by atoms with E-state index in [1.54, 1.807) is 0 Å². The zero-order valence-corrected chi connectivity index (χ0v) is 19.6. The molecule has 3 heterocycles. The van der Waals surface area contributed by atoms with Crippen LogP contribution in [0.4, 0.5) is 5.82 Å². The van der Waals surface area contributed by atoms with E-state index in [0.29, 0.717) is 0 Å². The number of nitrogens with zero attached hydrogens (tertiary/aromatic N) is 5. The minimum absolute atomic E-state index is 0.235. The summed E-state index contributed by atoms with van der Waals surface area (Å²) in [7, 11) is 1.86. The van der Waals surface area contributed by atoms with Crippen molar-refractivity contribution in [2.75, 3.05) is 51.2 Å². The van der Waals surface area contributed by atoms with E-state index >= 15 is 0 Å². The number of rotatable bonds is 5. The van der Waals surface area contributed by atoms with Gasteiger partial charge in [0.15, 0.2) is 5.96 Å². The Bertz CT molecular complexity index is 854. The number of aliphatic imine (C=N–C) groups is 1. The van der Waals surface area contributed by atoms with Crippen LogP contribution in [0.2, 0.25) is 0 Å². The summed E-state index contributed by atoms with van der Waals surface area (Å²) in [6, 6.07) is 15.0. The number of nitrogens with one attached hydrogen (secondary N) is 1. The summed E-state index contributed by atoms with van der Waals surface area (Å²) < 4.78 is 5.83. The van der Waals surface area contributed by atoms with E-state index < -0.39 is 0 Å². The highest BCUT2D eigenvalue weighted by Gasteiger charge is 2.23. The van der Waals surface area contributed by atoms with Gasteiger partial charge in [0.2, 0.25) is 0 Å². The van der Waals surface area contributed by atoms with Crippen LogP contribution < -0.4 is 10.2 Å². The Morgan fingerprint density at radius 2 is 1.72 bits per heavy atom. The largest absolute Gasteiger partial charge is 0.372 e. The zero-order valence-electron chi connectivity index (χ0n) is 19.6. The first-order valence-corrected chi connectivity index (χ1v) is 11.7.